The van der Waals surface area contributed by atoms with Gasteiger partial charge in [0, 0.05) is 9.50 Å². The largest absolute Gasteiger partial charge is 0.398 e. The summed E-state index contributed by atoms with van der Waals surface area (Å²) in [6.07, 6.45) is 0. The number of halogens is 4. The van der Waals surface area contributed by atoms with Gasteiger partial charge < -0.3 is 5.73 Å². The molecule has 0 unspecified atom stereocenters. The van der Waals surface area contributed by atoms with Gasteiger partial charge in [-0.05, 0) is 30.3 Å². The van der Waals surface area contributed by atoms with Crippen molar-refractivity contribution in [1.82, 2.24) is 0 Å². The zero-order valence-electron chi connectivity index (χ0n) is 10.2. The molecule has 4 nitrogen and oxygen atoms in total. The molecule has 3 N–H and O–H groups in total. The average Bonchev–Trinajstić information content (AvgIpc) is 2.31. The van der Waals surface area contributed by atoms with E-state index in [4.69, 9.17) is 40.5 Å². The minimum atomic E-state index is -4.00. The Bertz CT molecular complexity index is 789. The molecule has 112 valence electrons. The van der Waals surface area contributed by atoms with Crippen molar-refractivity contribution in [3.63, 3.8) is 0 Å². The molecule has 0 radical (unpaired) electrons. The standard InChI is InChI=1S/C12H8BrCl3N2O2S/c13-6-1-2-8(15)11(3-6)18-21(19,20)12-9(16)4-7(14)5-10(12)17/h1-5,18H,17H2. The van der Waals surface area contributed by atoms with Gasteiger partial charge >= 0.3 is 0 Å². The first-order chi connectivity index (χ1) is 9.70. The van der Waals surface area contributed by atoms with E-state index in [0.717, 1.165) is 0 Å². The monoisotopic (exact) mass is 428 g/mol. The Morgan fingerprint density at radius 3 is 2.33 bits per heavy atom. The van der Waals surface area contributed by atoms with Gasteiger partial charge in [-0.25, -0.2) is 8.42 Å². The lowest BCUT2D eigenvalue weighted by Crippen LogP contribution is -2.15. The Kier molecular flexibility index (Phi) is 4.95. The minimum absolute atomic E-state index is 0.0499. The molecule has 0 amide bonds. The van der Waals surface area contributed by atoms with E-state index in [2.05, 4.69) is 20.7 Å². The van der Waals surface area contributed by atoms with Gasteiger partial charge in [0.15, 0.2) is 0 Å². The number of rotatable bonds is 3. The summed E-state index contributed by atoms with van der Waals surface area (Å²) in [7, 11) is -4.00. The zero-order valence-corrected chi connectivity index (χ0v) is 14.9. The van der Waals surface area contributed by atoms with Crippen LogP contribution in [0.5, 0.6) is 0 Å². The van der Waals surface area contributed by atoms with E-state index in [9.17, 15) is 8.42 Å². The third-order valence-electron chi connectivity index (χ3n) is 2.48. The van der Waals surface area contributed by atoms with E-state index in [0.29, 0.717) is 4.47 Å². The first kappa shape index (κ1) is 16.7. The maximum absolute atomic E-state index is 12.4. The average molecular weight is 431 g/mol. The Hall–Kier alpha value is -0.660. The van der Waals surface area contributed by atoms with E-state index in [1.807, 2.05) is 0 Å². The fourth-order valence-electron chi connectivity index (χ4n) is 1.64. The second kappa shape index (κ2) is 6.22. The molecule has 0 saturated heterocycles. The molecule has 21 heavy (non-hydrogen) atoms. The van der Waals surface area contributed by atoms with Crippen LogP contribution in [0.1, 0.15) is 0 Å². The highest BCUT2D eigenvalue weighted by molar-refractivity contribution is 9.10. The van der Waals surface area contributed by atoms with Crippen LogP contribution in [0.3, 0.4) is 0 Å². The molecule has 2 aromatic carbocycles. The highest BCUT2D eigenvalue weighted by atomic mass is 79.9. The van der Waals surface area contributed by atoms with Gasteiger partial charge in [-0.1, -0.05) is 50.7 Å². The SMILES string of the molecule is Nc1cc(Cl)cc(Cl)c1S(=O)(=O)Nc1cc(Br)ccc1Cl. The fourth-order valence-corrected chi connectivity index (χ4v) is 4.28. The van der Waals surface area contributed by atoms with Crippen molar-refractivity contribution >= 4 is 72.1 Å². The van der Waals surface area contributed by atoms with Crippen molar-refractivity contribution in [2.75, 3.05) is 10.5 Å². The van der Waals surface area contributed by atoms with Gasteiger partial charge in [0.25, 0.3) is 10.0 Å². The first-order valence-electron chi connectivity index (χ1n) is 5.43. The van der Waals surface area contributed by atoms with Gasteiger partial charge in [0.1, 0.15) is 4.90 Å². The van der Waals surface area contributed by atoms with Gasteiger partial charge in [-0.3, -0.25) is 4.72 Å². The molecule has 9 heteroatoms. The van der Waals surface area contributed by atoms with Gasteiger partial charge in [0.2, 0.25) is 0 Å². The number of nitrogens with one attached hydrogen (secondary N) is 1. The molecule has 0 spiro atoms. The lowest BCUT2D eigenvalue weighted by atomic mass is 10.3. The van der Waals surface area contributed by atoms with Crippen LogP contribution in [0.15, 0.2) is 39.7 Å². The number of sulfonamides is 1. The zero-order chi connectivity index (χ0) is 15.8. The van der Waals surface area contributed by atoms with E-state index >= 15 is 0 Å². The lowest BCUT2D eigenvalue weighted by molar-refractivity contribution is 0.601. The minimum Gasteiger partial charge on any atom is -0.398 e. The van der Waals surface area contributed by atoms with Crippen molar-refractivity contribution in [1.29, 1.82) is 0 Å². The summed E-state index contributed by atoms with van der Waals surface area (Å²) in [5.41, 5.74) is 5.85. The van der Waals surface area contributed by atoms with Crippen LogP contribution in [0.4, 0.5) is 11.4 Å². The Morgan fingerprint density at radius 1 is 1.05 bits per heavy atom. The molecule has 0 aromatic heterocycles. The van der Waals surface area contributed by atoms with E-state index in [-0.39, 0.29) is 31.3 Å². The maximum atomic E-state index is 12.4. The molecule has 0 atom stereocenters. The molecule has 0 fully saturated rings. The fraction of sp³-hybridized carbons (Fsp3) is 0. The van der Waals surface area contributed by atoms with Gasteiger partial charge in [-0.15, -0.1) is 0 Å². The number of benzene rings is 2. The molecular weight excluding hydrogens is 422 g/mol. The summed E-state index contributed by atoms with van der Waals surface area (Å²) < 4.78 is 27.9. The van der Waals surface area contributed by atoms with Gasteiger partial charge in [-0.2, -0.15) is 0 Å². The first-order valence-corrected chi connectivity index (χ1v) is 8.84. The van der Waals surface area contributed by atoms with E-state index in [1.54, 1.807) is 12.1 Å². The van der Waals surface area contributed by atoms with Crippen molar-refractivity contribution in [2.45, 2.75) is 4.90 Å². The van der Waals surface area contributed by atoms with Crippen molar-refractivity contribution in [3.05, 3.63) is 49.9 Å². The highest BCUT2D eigenvalue weighted by Crippen LogP contribution is 2.34. The molecule has 0 heterocycles. The smallest absolute Gasteiger partial charge is 0.265 e. The highest BCUT2D eigenvalue weighted by Gasteiger charge is 2.23. The summed E-state index contributed by atoms with van der Waals surface area (Å²) in [6.45, 7) is 0. The molecule has 2 rings (SSSR count). The van der Waals surface area contributed by atoms with Crippen LogP contribution < -0.4 is 10.5 Å². The number of nitrogens with two attached hydrogens (primary N) is 1. The maximum Gasteiger partial charge on any atom is 0.265 e. The molecule has 2 aromatic rings. The predicted molar refractivity (Wildman–Crippen MR) is 90.8 cm³/mol. The molecule has 0 saturated carbocycles. The molecule has 0 aliphatic rings. The Morgan fingerprint density at radius 2 is 1.71 bits per heavy atom. The Balaban J connectivity index is 2.51. The van der Waals surface area contributed by atoms with Gasteiger partial charge in [0.05, 0.1) is 21.4 Å². The third kappa shape index (κ3) is 3.76. The summed E-state index contributed by atoms with van der Waals surface area (Å²) in [4.78, 5) is -0.246. The van der Waals surface area contributed by atoms with Crippen molar-refractivity contribution in [3.8, 4) is 0 Å². The van der Waals surface area contributed by atoms with Crippen LogP contribution >= 0.6 is 50.7 Å². The third-order valence-corrected chi connectivity index (χ3v) is 5.41. The van der Waals surface area contributed by atoms with Crippen molar-refractivity contribution < 1.29 is 8.42 Å². The molecule has 0 aliphatic heterocycles. The molecule has 0 bridgehead atoms. The molecular formula is C12H8BrCl3N2O2S. The van der Waals surface area contributed by atoms with Crippen LogP contribution in [-0.2, 0) is 10.0 Å². The Labute approximate surface area is 145 Å². The van der Waals surface area contributed by atoms with Crippen molar-refractivity contribution in [2.24, 2.45) is 0 Å². The lowest BCUT2D eigenvalue weighted by Gasteiger charge is -2.13. The van der Waals surface area contributed by atoms with Crippen LogP contribution in [0, 0.1) is 0 Å². The second-order valence-corrected chi connectivity index (χ2v) is 7.82. The summed E-state index contributed by atoms with van der Waals surface area (Å²) >= 11 is 20.9. The topological polar surface area (TPSA) is 72.2 Å². The molecule has 0 aliphatic carbocycles. The van der Waals surface area contributed by atoms with E-state index in [1.165, 1.54) is 18.2 Å². The summed E-state index contributed by atoms with van der Waals surface area (Å²) in [6, 6.07) is 7.38. The number of hydrogen-bond acceptors (Lipinski definition) is 3. The summed E-state index contributed by atoms with van der Waals surface area (Å²) in [5, 5.41) is 0.418. The second-order valence-electron chi connectivity index (χ2n) is 4.04. The number of hydrogen-bond donors (Lipinski definition) is 2. The van der Waals surface area contributed by atoms with E-state index < -0.39 is 10.0 Å². The number of anilines is 2. The van der Waals surface area contributed by atoms with Crippen LogP contribution in [0.2, 0.25) is 15.1 Å². The quantitative estimate of drug-likeness (QED) is 0.688. The number of nitrogen functional groups attached to an aromatic ring is 1. The summed E-state index contributed by atoms with van der Waals surface area (Å²) in [5.74, 6) is 0. The predicted octanol–water partition coefficient (Wildman–Crippen LogP) is 4.79. The van der Waals surface area contributed by atoms with Crippen LogP contribution in [-0.4, -0.2) is 8.42 Å². The normalized spacial score (nSPS) is 11.4. The van der Waals surface area contributed by atoms with Crippen LogP contribution in [0.25, 0.3) is 0 Å².